The number of amides is 1. The molecule has 1 aliphatic rings. The fraction of sp³-hybridized carbons (Fsp3) is 0.474. The Hall–Kier alpha value is -2.10. The normalized spacial score (nSPS) is 23.1. The number of carbonyl (C=O) groups excluding carboxylic acids is 2. The van der Waals surface area contributed by atoms with Crippen molar-refractivity contribution in [2.24, 2.45) is 11.3 Å². The van der Waals surface area contributed by atoms with Crippen LogP contribution in [0.25, 0.3) is 0 Å². The van der Waals surface area contributed by atoms with Crippen molar-refractivity contribution >= 4 is 11.9 Å². The maximum absolute atomic E-state index is 12.1. The summed E-state index contributed by atoms with van der Waals surface area (Å²) in [7, 11) is 0. The van der Waals surface area contributed by atoms with E-state index >= 15 is 0 Å². The SMILES string of the molecule is C=CC[C@@H]1CC(=O)C[C@@H](NC(=O)OCc2ccccc2)C1(C)C. The molecule has 4 heteroatoms. The predicted molar refractivity (Wildman–Crippen MR) is 89.9 cm³/mol. The van der Waals surface area contributed by atoms with Gasteiger partial charge in [-0.1, -0.05) is 50.3 Å². The average Bonchev–Trinajstić information content (AvgIpc) is 2.51. The summed E-state index contributed by atoms with van der Waals surface area (Å²) in [6.45, 7) is 8.18. The summed E-state index contributed by atoms with van der Waals surface area (Å²) in [5.74, 6) is 0.380. The minimum Gasteiger partial charge on any atom is -0.445 e. The third-order valence-corrected chi connectivity index (χ3v) is 4.81. The van der Waals surface area contributed by atoms with E-state index < -0.39 is 6.09 Å². The Labute approximate surface area is 137 Å². The second-order valence-electron chi connectivity index (χ2n) is 6.75. The molecular formula is C19H25NO3. The molecule has 124 valence electrons. The quantitative estimate of drug-likeness (QED) is 0.839. The summed E-state index contributed by atoms with van der Waals surface area (Å²) in [5.41, 5.74) is 0.764. The first-order valence-electron chi connectivity index (χ1n) is 8.03. The highest BCUT2D eigenvalue weighted by Crippen LogP contribution is 2.41. The Morgan fingerprint density at radius 2 is 2.04 bits per heavy atom. The number of ether oxygens (including phenoxy) is 1. The van der Waals surface area contributed by atoms with Crippen LogP contribution in [0.5, 0.6) is 0 Å². The lowest BCUT2D eigenvalue weighted by molar-refractivity contribution is -0.125. The smallest absolute Gasteiger partial charge is 0.407 e. The fourth-order valence-electron chi connectivity index (χ4n) is 3.13. The molecule has 2 atom stereocenters. The lowest BCUT2D eigenvalue weighted by Gasteiger charge is -2.44. The molecule has 1 aromatic carbocycles. The number of allylic oxidation sites excluding steroid dienone is 1. The van der Waals surface area contributed by atoms with Crippen LogP contribution in [0.15, 0.2) is 43.0 Å². The summed E-state index contributed by atoms with van der Waals surface area (Å²) in [5, 5.41) is 2.88. The van der Waals surface area contributed by atoms with Gasteiger partial charge in [-0.2, -0.15) is 0 Å². The minimum absolute atomic E-state index is 0.173. The van der Waals surface area contributed by atoms with E-state index in [1.54, 1.807) is 0 Å². The molecule has 1 amide bonds. The number of hydrogen-bond donors (Lipinski definition) is 1. The van der Waals surface area contributed by atoms with Crippen molar-refractivity contribution in [3.05, 3.63) is 48.6 Å². The number of ketones is 1. The van der Waals surface area contributed by atoms with Crippen molar-refractivity contribution in [2.75, 3.05) is 0 Å². The molecule has 0 unspecified atom stereocenters. The van der Waals surface area contributed by atoms with Crippen molar-refractivity contribution in [3.8, 4) is 0 Å². The Kier molecular flexibility index (Phi) is 5.59. The molecule has 0 aliphatic heterocycles. The average molecular weight is 315 g/mol. The molecule has 0 aromatic heterocycles. The second kappa shape index (κ2) is 7.44. The first-order valence-corrected chi connectivity index (χ1v) is 8.03. The van der Waals surface area contributed by atoms with Crippen molar-refractivity contribution in [1.29, 1.82) is 0 Å². The Morgan fingerprint density at radius 3 is 2.70 bits per heavy atom. The van der Waals surface area contributed by atoms with E-state index in [1.165, 1.54) is 0 Å². The number of carbonyl (C=O) groups is 2. The molecule has 0 saturated heterocycles. The molecule has 0 heterocycles. The van der Waals surface area contributed by atoms with Crippen LogP contribution in [-0.4, -0.2) is 17.9 Å². The van der Waals surface area contributed by atoms with Crippen LogP contribution in [-0.2, 0) is 16.1 Å². The lowest BCUT2D eigenvalue weighted by Crippen LogP contribution is -2.53. The minimum atomic E-state index is -0.473. The number of nitrogens with one attached hydrogen (secondary N) is 1. The molecule has 4 nitrogen and oxygen atoms in total. The highest BCUT2D eigenvalue weighted by atomic mass is 16.5. The van der Waals surface area contributed by atoms with Gasteiger partial charge in [0.25, 0.3) is 0 Å². The van der Waals surface area contributed by atoms with Crippen molar-refractivity contribution in [1.82, 2.24) is 5.32 Å². The van der Waals surface area contributed by atoms with Gasteiger partial charge < -0.3 is 10.1 Å². The van der Waals surface area contributed by atoms with Crippen LogP contribution in [0.1, 0.15) is 38.7 Å². The molecule has 1 N–H and O–H groups in total. The molecule has 1 saturated carbocycles. The van der Waals surface area contributed by atoms with E-state index in [2.05, 4.69) is 25.7 Å². The van der Waals surface area contributed by atoms with Crippen molar-refractivity contribution < 1.29 is 14.3 Å². The van der Waals surface area contributed by atoms with E-state index in [0.717, 1.165) is 12.0 Å². The third kappa shape index (κ3) is 4.44. The summed E-state index contributed by atoms with van der Waals surface area (Å²) >= 11 is 0. The van der Waals surface area contributed by atoms with Gasteiger partial charge in [-0.3, -0.25) is 4.79 Å². The molecule has 1 aliphatic carbocycles. The Morgan fingerprint density at radius 1 is 1.35 bits per heavy atom. The van der Waals surface area contributed by atoms with Crippen LogP contribution in [0.3, 0.4) is 0 Å². The van der Waals surface area contributed by atoms with Crippen LogP contribution in [0.2, 0.25) is 0 Å². The topological polar surface area (TPSA) is 55.4 Å². The van der Waals surface area contributed by atoms with Gasteiger partial charge in [0.15, 0.2) is 0 Å². The van der Waals surface area contributed by atoms with E-state index in [0.29, 0.717) is 12.8 Å². The van der Waals surface area contributed by atoms with Crippen molar-refractivity contribution in [2.45, 2.75) is 45.8 Å². The van der Waals surface area contributed by atoms with Gasteiger partial charge in [-0.15, -0.1) is 6.58 Å². The van der Waals surface area contributed by atoms with Crippen LogP contribution >= 0.6 is 0 Å². The monoisotopic (exact) mass is 315 g/mol. The summed E-state index contributed by atoms with van der Waals surface area (Å²) < 4.78 is 5.27. The largest absolute Gasteiger partial charge is 0.445 e. The number of alkyl carbamates (subject to hydrolysis) is 1. The first kappa shape index (κ1) is 17.3. The standard InChI is InChI=1S/C19H25NO3/c1-4-8-15-11-16(21)12-17(19(15,2)3)20-18(22)23-13-14-9-6-5-7-10-14/h4-7,9-10,15,17H,1,8,11-13H2,2-3H3,(H,20,22)/t15-,17-/m1/s1. The van der Waals surface area contributed by atoms with E-state index in [9.17, 15) is 9.59 Å². The number of rotatable bonds is 5. The van der Waals surface area contributed by atoms with Gasteiger partial charge in [0.05, 0.1) is 0 Å². The Bertz CT molecular complexity index is 565. The summed E-state index contributed by atoms with van der Waals surface area (Å²) in [6, 6.07) is 9.32. The Balaban J connectivity index is 1.95. The molecule has 23 heavy (non-hydrogen) atoms. The number of hydrogen-bond acceptors (Lipinski definition) is 3. The molecule has 0 bridgehead atoms. The van der Waals surface area contributed by atoms with Crippen molar-refractivity contribution in [3.63, 3.8) is 0 Å². The molecular weight excluding hydrogens is 290 g/mol. The van der Waals surface area contributed by atoms with Gasteiger partial charge in [-0.25, -0.2) is 4.79 Å². The fourth-order valence-corrected chi connectivity index (χ4v) is 3.13. The van der Waals surface area contributed by atoms with Crippen LogP contribution in [0, 0.1) is 11.3 Å². The molecule has 0 spiro atoms. The van der Waals surface area contributed by atoms with Gasteiger partial charge in [0, 0.05) is 18.9 Å². The van der Waals surface area contributed by atoms with Crippen LogP contribution < -0.4 is 5.32 Å². The zero-order chi connectivity index (χ0) is 16.9. The molecule has 1 aromatic rings. The van der Waals surface area contributed by atoms with E-state index in [1.807, 2.05) is 36.4 Å². The zero-order valence-corrected chi connectivity index (χ0v) is 13.9. The third-order valence-electron chi connectivity index (χ3n) is 4.81. The van der Waals surface area contributed by atoms with Gasteiger partial charge in [0.2, 0.25) is 0 Å². The van der Waals surface area contributed by atoms with Gasteiger partial charge in [-0.05, 0) is 23.3 Å². The summed E-state index contributed by atoms with van der Waals surface area (Å²) in [6.07, 6.45) is 3.06. The lowest BCUT2D eigenvalue weighted by atomic mass is 9.64. The van der Waals surface area contributed by atoms with E-state index in [-0.39, 0.29) is 29.8 Å². The highest BCUT2D eigenvalue weighted by molar-refractivity contribution is 5.81. The van der Waals surface area contributed by atoms with Gasteiger partial charge in [0.1, 0.15) is 12.4 Å². The van der Waals surface area contributed by atoms with Crippen LogP contribution in [0.4, 0.5) is 4.79 Å². The first-order chi connectivity index (χ1) is 10.9. The summed E-state index contributed by atoms with van der Waals surface area (Å²) in [4.78, 5) is 24.1. The number of Topliss-reactive ketones (excluding diaryl/α,β-unsaturated/α-hetero) is 1. The highest BCUT2D eigenvalue weighted by Gasteiger charge is 2.43. The maximum Gasteiger partial charge on any atom is 0.407 e. The van der Waals surface area contributed by atoms with E-state index in [4.69, 9.17) is 4.74 Å². The molecule has 1 fully saturated rings. The number of benzene rings is 1. The second-order valence-corrected chi connectivity index (χ2v) is 6.75. The zero-order valence-electron chi connectivity index (χ0n) is 13.9. The maximum atomic E-state index is 12.1. The van der Waals surface area contributed by atoms with Gasteiger partial charge >= 0.3 is 6.09 Å². The predicted octanol–water partition coefficient (Wildman–Crippen LogP) is 3.86. The molecule has 2 rings (SSSR count). The molecule has 0 radical (unpaired) electrons.